The van der Waals surface area contributed by atoms with E-state index in [1.54, 1.807) is 11.3 Å². The van der Waals surface area contributed by atoms with E-state index < -0.39 is 0 Å². The first-order valence-corrected chi connectivity index (χ1v) is 7.24. The van der Waals surface area contributed by atoms with Crippen LogP contribution in [0.2, 0.25) is 0 Å². The molecule has 0 amide bonds. The highest BCUT2D eigenvalue weighted by molar-refractivity contribution is 7.15. The highest BCUT2D eigenvalue weighted by Gasteiger charge is 2.15. The van der Waals surface area contributed by atoms with Crippen LogP contribution in [0.1, 0.15) is 35.4 Å². The minimum Gasteiger partial charge on any atom is -0.306 e. The summed E-state index contributed by atoms with van der Waals surface area (Å²) in [5, 5.41) is 0. The Morgan fingerprint density at radius 3 is 2.83 bits per heavy atom. The quantitative estimate of drug-likeness (QED) is 0.801. The Labute approximate surface area is 110 Å². The lowest BCUT2D eigenvalue weighted by Gasteiger charge is -2.05. The van der Waals surface area contributed by atoms with Crippen LogP contribution in [0.4, 0.5) is 0 Å². The molecule has 0 spiro atoms. The Morgan fingerprint density at radius 1 is 1.22 bits per heavy atom. The molecule has 1 N–H and O–H groups in total. The fourth-order valence-electron chi connectivity index (χ4n) is 2.46. The van der Waals surface area contributed by atoms with E-state index in [-0.39, 0.29) is 5.56 Å². The smallest absolute Gasteiger partial charge is 0.254 e. The summed E-state index contributed by atoms with van der Waals surface area (Å²) in [7, 11) is 0. The van der Waals surface area contributed by atoms with Crippen LogP contribution in [0.5, 0.6) is 0 Å². The maximum Gasteiger partial charge on any atom is 0.254 e. The van der Waals surface area contributed by atoms with Gasteiger partial charge in [0.25, 0.3) is 5.56 Å². The number of hydrogen-bond acceptors (Lipinski definition) is 3. The van der Waals surface area contributed by atoms with Crippen molar-refractivity contribution in [3.8, 4) is 10.7 Å². The first kappa shape index (κ1) is 11.7. The molecule has 2 heterocycles. The highest BCUT2D eigenvalue weighted by atomic mass is 32.1. The molecule has 4 heteroatoms. The molecule has 2 aromatic rings. The molecule has 0 fully saturated rings. The first-order chi connectivity index (χ1) is 8.74. The second kappa shape index (κ2) is 4.69. The maximum atomic E-state index is 12.1. The maximum absolute atomic E-state index is 12.1. The van der Waals surface area contributed by atoms with Gasteiger partial charge in [0.1, 0.15) is 0 Å². The third-order valence-electron chi connectivity index (χ3n) is 3.42. The molecule has 2 aromatic heterocycles. The van der Waals surface area contributed by atoms with Crippen LogP contribution < -0.4 is 5.56 Å². The van der Waals surface area contributed by atoms with Crippen LogP contribution in [0.3, 0.4) is 0 Å². The number of aromatic amines is 1. The largest absolute Gasteiger partial charge is 0.306 e. The summed E-state index contributed by atoms with van der Waals surface area (Å²) < 4.78 is 0. The lowest BCUT2D eigenvalue weighted by atomic mass is 10.1. The lowest BCUT2D eigenvalue weighted by molar-refractivity contribution is 0.708. The Morgan fingerprint density at radius 2 is 2.06 bits per heavy atom. The second-order valence-electron chi connectivity index (χ2n) is 4.81. The zero-order chi connectivity index (χ0) is 12.5. The summed E-state index contributed by atoms with van der Waals surface area (Å²) in [5.74, 6) is 0.735. The van der Waals surface area contributed by atoms with Gasteiger partial charge >= 0.3 is 0 Å². The standard InChI is InChI=1S/C14H16N2OS/c1-9-7-8-12(18-9)13-15-11-6-4-2-3-5-10(11)14(17)16-13/h7-8H,2-6H2,1H3,(H,15,16,17). The number of rotatable bonds is 1. The summed E-state index contributed by atoms with van der Waals surface area (Å²) in [5.41, 5.74) is 1.98. The topological polar surface area (TPSA) is 45.8 Å². The molecule has 0 atom stereocenters. The van der Waals surface area contributed by atoms with Gasteiger partial charge in [-0.25, -0.2) is 4.98 Å². The van der Waals surface area contributed by atoms with E-state index in [9.17, 15) is 4.79 Å². The molecule has 0 saturated heterocycles. The third-order valence-corrected chi connectivity index (χ3v) is 4.42. The summed E-state index contributed by atoms with van der Waals surface area (Å²) in [6, 6.07) is 4.09. The van der Waals surface area contributed by atoms with Crippen LogP contribution in [0, 0.1) is 6.92 Å². The van der Waals surface area contributed by atoms with Gasteiger partial charge < -0.3 is 4.98 Å². The molecule has 3 rings (SSSR count). The average molecular weight is 260 g/mol. The van der Waals surface area contributed by atoms with Crippen molar-refractivity contribution in [3.63, 3.8) is 0 Å². The van der Waals surface area contributed by atoms with Crippen molar-refractivity contribution in [2.75, 3.05) is 0 Å². The zero-order valence-corrected chi connectivity index (χ0v) is 11.3. The molecule has 0 unspecified atom stereocenters. The Bertz CT molecular complexity index is 627. The fraction of sp³-hybridized carbons (Fsp3) is 0.429. The van der Waals surface area contributed by atoms with Gasteiger partial charge in [-0.3, -0.25) is 4.79 Å². The third kappa shape index (κ3) is 2.12. The van der Waals surface area contributed by atoms with Gasteiger partial charge in [-0.15, -0.1) is 11.3 Å². The number of aromatic nitrogens is 2. The minimum atomic E-state index is 0.0583. The van der Waals surface area contributed by atoms with Gasteiger partial charge in [0, 0.05) is 10.4 Å². The fourth-order valence-corrected chi connectivity index (χ4v) is 3.27. The summed E-state index contributed by atoms with van der Waals surface area (Å²) >= 11 is 1.67. The predicted molar refractivity (Wildman–Crippen MR) is 74.2 cm³/mol. The number of nitrogens with zero attached hydrogens (tertiary/aromatic N) is 1. The molecule has 18 heavy (non-hydrogen) atoms. The molecule has 94 valence electrons. The second-order valence-corrected chi connectivity index (χ2v) is 6.10. The van der Waals surface area contributed by atoms with E-state index in [0.717, 1.165) is 47.6 Å². The molecule has 0 bridgehead atoms. The van der Waals surface area contributed by atoms with Crippen LogP contribution in [-0.4, -0.2) is 9.97 Å². The van der Waals surface area contributed by atoms with Crippen molar-refractivity contribution in [3.05, 3.63) is 38.6 Å². The zero-order valence-electron chi connectivity index (χ0n) is 10.5. The summed E-state index contributed by atoms with van der Waals surface area (Å²) in [6.45, 7) is 2.07. The van der Waals surface area contributed by atoms with Crippen molar-refractivity contribution in [2.24, 2.45) is 0 Å². The van der Waals surface area contributed by atoms with E-state index in [2.05, 4.69) is 23.0 Å². The molecule has 0 saturated carbocycles. The van der Waals surface area contributed by atoms with Crippen molar-refractivity contribution in [1.29, 1.82) is 0 Å². The van der Waals surface area contributed by atoms with Gasteiger partial charge in [-0.1, -0.05) is 6.42 Å². The van der Waals surface area contributed by atoms with Gasteiger partial charge in [0.05, 0.1) is 10.6 Å². The summed E-state index contributed by atoms with van der Waals surface area (Å²) in [4.78, 5) is 22.0. The number of thiophene rings is 1. The van der Waals surface area contributed by atoms with E-state index in [1.165, 1.54) is 11.3 Å². The van der Waals surface area contributed by atoms with E-state index >= 15 is 0 Å². The first-order valence-electron chi connectivity index (χ1n) is 6.43. The normalized spacial score (nSPS) is 15.2. The number of aryl methyl sites for hydroxylation is 2. The molecule has 0 aromatic carbocycles. The monoisotopic (exact) mass is 260 g/mol. The number of H-pyrrole nitrogens is 1. The van der Waals surface area contributed by atoms with E-state index in [1.807, 2.05) is 6.07 Å². The Balaban J connectivity index is 2.10. The van der Waals surface area contributed by atoms with Gasteiger partial charge in [-0.2, -0.15) is 0 Å². The minimum absolute atomic E-state index is 0.0583. The molecular formula is C14H16N2OS. The van der Waals surface area contributed by atoms with Gasteiger partial charge in [-0.05, 0) is 44.7 Å². The van der Waals surface area contributed by atoms with E-state index in [0.29, 0.717) is 0 Å². The molecule has 1 aliphatic rings. The molecule has 0 radical (unpaired) electrons. The van der Waals surface area contributed by atoms with Gasteiger partial charge in [0.2, 0.25) is 0 Å². The number of fused-ring (bicyclic) bond motifs is 1. The lowest BCUT2D eigenvalue weighted by Crippen LogP contribution is -2.17. The molecule has 3 nitrogen and oxygen atoms in total. The van der Waals surface area contributed by atoms with Crippen LogP contribution in [0.25, 0.3) is 10.7 Å². The Hall–Kier alpha value is -1.42. The number of nitrogens with one attached hydrogen (secondary N) is 1. The molecular weight excluding hydrogens is 244 g/mol. The van der Waals surface area contributed by atoms with Crippen LogP contribution in [-0.2, 0) is 12.8 Å². The average Bonchev–Trinajstić information content (AvgIpc) is 2.63. The van der Waals surface area contributed by atoms with Crippen molar-refractivity contribution in [2.45, 2.75) is 39.0 Å². The van der Waals surface area contributed by atoms with Crippen molar-refractivity contribution < 1.29 is 0 Å². The highest BCUT2D eigenvalue weighted by Crippen LogP contribution is 2.25. The van der Waals surface area contributed by atoms with Crippen molar-refractivity contribution in [1.82, 2.24) is 9.97 Å². The van der Waals surface area contributed by atoms with E-state index in [4.69, 9.17) is 0 Å². The predicted octanol–water partition coefficient (Wildman–Crippen LogP) is 3.08. The number of hydrogen-bond donors (Lipinski definition) is 1. The molecule has 1 aliphatic carbocycles. The SMILES string of the molecule is Cc1ccc(-c2nc3c(c(=O)[nH]2)CCCCC3)s1. The van der Waals surface area contributed by atoms with Crippen LogP contribution >= 0.6 is 11.3 Å². The van der Waals surface area contributed by atoms with Crippen molar-refractivity contribution >= 4 is 11.3 Å². The van der Waals surface area contributed by atoms with Gasteiger partial charge in [0.15, 0.2) is 5.82 Å². The molecule has 0 aliphatic heterocycles. The summed E-state index contributed by atoms with van der Waals surface area (Å²) in [6.07, 6.45) is 5.27. The van der Waals surface area contributed by atoms with Crippen LogP contribution in [0.15, 0.2) is 16.9 Å². The Kier molecular flexibility index (Phi) is 3.04.